The van der Waals surface area contributed by atoms with Crippen LogP contribution < -0.4 is 4.90 Å². The number of carbonyl (C=O) groups is 1. The van der Waals surface area contributed by atoms with E-state index >= 15 is 0 Å². The first kappa shape index (κ1) is 22.9. The van der Waals surface area contributed by atoms with Gasteiger partial charge in [-0.15, -0.1) is 0 Å². The lowest BCUT2D eigenvalue weighted by atomic mass is 9.61. The van der Waals surface area contributed by atoms with Gasteiger partial charge in [-0.05, 0) is 44.4 Å². The zero-order valence-electron chi connectivity index (χ0n) is 19.5. The number of hydrogen-bond acceptors (Lipinski definition) is 7. The fourth-order valence-electron chi connectivity index (χ4n) is 5.51. The Balaban J connectivity index is 1.08. The largest absolute Gasteiger partial charge is 0.446 e. The van der Waals surface area contributed by atoms with Gasteiger partial charge in [-0.1, -0.05) is 23.7 Å². The minimum absolute atomic E-state index is 0.00702. The fourth-order valence-corrected chi connectivity index (χ4v) is 5.63. The van der Waals surface area contributed by atoms with Gasteiger partial charge in [0.25, 0.3) is 0 Å². The van der Waals surface area contributed by atoms with Gasteiger partial charge < -0.3 is 14.5 Å². The summed E-state index contributed by atoms with van der Waals surface area (Å²) in [6.45, 7) is 8.29. The first-order chi connectivity index (χ1) is 16.3. The predicted molar refractivity (Wildman–Crippen MR) is 128 cm³/mol. The Hall–Kier alpha value is -2.89. The molecule has 1 amide bonds. The molecule has 1 aliphatic carbocycles. The number of rotatable bonds is 4. The molecule has 1 spiro atoms. The number of piperazine rings is 1. The van der Waals surface area contributed by atoms with Crippen LogP contribution in [0.1, 0.15) is 37.8 Å². The second-order valence-corrected chi connectivity index (χ2v) is 10.5. The highest BCUT2D eigenvalue weighted by atomic mass is 35.5. The third kappa shape index (κ3) is 4.55. The van der Waals surface area contributed by atoms with Crippen molar-refractivity contribution in [1.29, 1.82) is 5.26 Å². The van der Waals surface area contributed by atoms with Crippen LogP contribution in [0.3, 0.4) is 0 Å². The molecule has 3 aliphatic rings. The number of aromatic nitrogens is 2. The summed E-state index contributed by atoms with van der Waals surface area (Å²) in [4.78, 5) is 27.9. The number of halogens is 1. The van der Waals surface area contributed by atoms with Gasteiger partial charge in [0.2, 0.25) is 5.95 Å². The van der Waals surface area contributed by atoms with Crippen LogP contribution in [0.15, 0.2) is 36.7 Å². The SMILES string of the molecule is C[C@@H]1CN(c2ncc(C#N)cn2)[C@@H](C)CN1C(=O)OC1CC2(C1)CN(Cc1ccc(Cl)cc1)C2. The molecule has 1 saturated carbocycles. The second-order valence-electron chi connectivity index (χ2n) is 10.1. The van der Waals surface area contributed by atoms with Crippen molar-refractivity contribution < 1.29 is 9.53 Å². The highest BCUT2D eigenvalue weighted by Crippen LogP contribution is 2.50. The Labute approximate surface area is 205 Å². The summed E-state index contributed by atoms with van der Waals surface area (Å²) >= 11 is 5.97. The maximum Gasteiger partial charge on any atom is 0.410 e. The number of ether oxygens (including phenoxy) is 1. The minimum Gasteiger partial charge on any atom is -0.446 e. The first-order valence-electron chi connectivity index (χ1n) is 11.8. The third-order valence-electron chi connectivity index (χ3n) is 7.27. The topological polar surface area (TPSA) is 85.6 Å². The van der Waals surface area contributed by atoms with Crippen molar-refractivity contribution in [3.8, 4) is 6.07 Å². The minimum atomic E-state index is -0.225. The second kappa shape index (κ2) is 9.05. The number of nitriles is 1. The number of amides is 1. The number of likely N-dealkylation sites (tertiary alicyclic amines) is 1. The molecular formula is C25H29ClN6O2. The molecule has 2 atom stereocenters. The van der Waals surface area contributed by atoms with Gasteiger partial charge in [-0.3, -0.25) is 4.90 Å². The van der Waals surface area contributed by atoms with Crippen molar-refractivity contribution >= 4 is 23.6 Å². The van der Waals surface area contributed by atoms with E-state index in [0.29, 0.717) is 30.0 Å². The highest BCUT2D eigenvalue weighted by molar-refractivity contribution is 6.30. The van der Waals surface area contributed by atoms with Crippen LogP contribution in [0.25, 0.3) is 0 Å². The van der Waals surface area contributed by atoms with E-state index in [9.17, 15) is 4.79 Å². The van der Waals surface area contributed by atoms with Gasteiger partial charge in [0, 0.05) is 55.2 Å². The van der Waals surface area contributed by atoms with Crippen LogP contribution in [0.2, 0.25) is 5.02 Å². The van der Waals surface area contributed by atoms with Crippen molar-refractivity contribution in [3.63, 3.8) is 0 Å². The number of carbonyl (C=O) groups excluding carboxylic acids is 1. The van der Waals surface area contributed by atoms with E-state index in [4.69, 9.17) is 21.6 Å². The average Bonchev–Trinajstić information content (AvgIpc) is 2.78. The first-order valence-corrected chi connectivity index (χ1v) is 12.1. The van der Waals surface area contributed by atoms with Crippen molar-refractivity contribution in [3.05, 3.63) is 52.8 Å². The van der Waals surface area contributed by atoms with E-state index in [-0.39, 0.29) is 24.3 Å². The van der Waals surface area contributed by atoms with Gasteiger partial charge >= 0.3 is 6.09 Å². The number of benzene rings is 1. The predicted octanol–water partition coefficient (Wildman–Crippen LogP) is 3.70. The van der Waals surface area contributed by atoms with Gasteiger partial charge in [0.15, 0.2) is 0 Å². The van der Waals surface area contributed by atoms with Crippen molar-refractivity contribution in [1.82, 2.24) is 19.8 Å². The van der Waals surface area contributed by atoms with E-state index in [1.165, 1.54) is 18.0 Å². The summed E-state index contributed by atoms with van der Waals surface area (Å²) in [6, 6.07) is 10.1. The monoisotopic (exact) mass is 480 g/mol. The molecule has 0 N–H and O–H groups in total. The third-order valence-corrected chi connectivity index (χ3v) is 7.52. The van der Waals surface area contributed by atoms with E-state index in [2.05, 4.69) is 38.8 Å². The normalized spacial score (nSPS) is 24.3. The molecule has 2 saturated heterocycles. The number of anilines is 1. The van der Waals surface area contributed by atoms with Gasteiger partial charge in [-0.25, -0.2) is 14.8 Å². The standard InChI is InChI=1S/C25H29ClN6O2/c1-17-13-32(18(2)12-31(17)23-28-10-20(9-27)11-29-23)24(33)34-22-7-25(8-22)15-30(16-25)14-19-3-5-21(26)6-4-19/h3-6,10-11,17-18,22H,7-8,12-16H2,1-2H3/t17-,18+/m0/s1. The van der Waals surface area contributed by atoms with Gasteiger partial charge in [0.1, 0.15) is 12.2 Å². The molecule has 9 heteroatoms. The molecule has 3 fully saturated rings. The fraction of sp³-hybridized carbons (Fsp3) is 0.520. The smallest absolute Gasteiger partial charge is 0.410 e. The molecule has 1 aromatic carbocycles. The Morgan fingerprint density at radius 1 is 1.15 bits per heavy atom. The van der Waals surface area contributed by atoms with Crippen LogP contribution >= 0.6 is 11.6 Å². The molecule has 0 radical (unpaired) electrons. The molecule has 8 nitrogen and oxygen atoms in total. The lowest BCUT2D eigenvalue weighted by molar-refractivity contribution is -0.137. The summed E-state index contributed by atoms with van der Waals surface area (Å²) in [7, 11) is 0. The van der Waals surface area contributed by atoms with Crippen LogP contribution in [-0.2, 0) is 11.3 Å². The van der Waals surface area contributed by atoms with Crippen LogP contribution in [-0.4, -0.2) is 70.2 Å². The van der Waals surface area contributed by atoms with E-state index in [1.807, 2.05) is 30.0 Å². The summed E-state index contributed by atoms with van der Waals surface area (Å²) in [5, 5.41) is 9.71. The lowest BCUT2D eigenvalue weighted by Gasteiger charge is -2.58. The molecule has 5 rings (SSSR count). The van der Waals surface area contributed by atoms with Crippen LogP contribution in [0, 0.1) is 16.7 Å². The Kier molecular flexibility index (Phi) is 6.09. The maximum atomic E-state index is 12.9. The molecule has 0 unspecified atom stereocenters. The molecular weight excluding hydrogens is 452 g/mol. The van der Waals surface area contributed by atoms with Crippen LogP contribution in [0.4, 0.5) is 10.7 Å². The maximum absolute atomic E-state index is 12.9. The van der Waals surface area contributed by atoms with E-state index < -0.39 is 0 Å². The zero-order chi connectivity index (χ0) is 23.9. The molecule has 2 aromatic rings. The van der Waals surface area contributed by atoms with Gasteiger partial charge in [0.05, 0.1) is 18.0 Å². The lowest BCUT2D eigenvalue weighted by Crippen LogP contribution is -2.64. The summed E-state index contributed by atoms with van der Waals surface area (Å²) in [5.74, 6) is 0.584. The Bertz CT molecular complexity index is 1070. The highest BCUT2D eigenvalue weighted by Gasteiger charge is 2.54. The van der Waals surface area contributed by atoms with Crippen molar-refractivity contribution in [2.24, 2.45) is 5.41 Å². The quantitative estimate of drug-likeness (QED) is 0.659. The molecule has 3 heterocycles. The molecule has 1 aromatic heterocycles. The van der Waals surface area contributed by atoms with Crippen molar-refractivity contribution in [2.75, 3.05) is 31.1 Å². The average molecular weight is 481 g/mol. The van der Waals surface area contributed by atoms with Gasteiger partial charge in [-0.2, -0.15) is 5.26 Å². The number of hydrogen-bond donors (Lipinski definition) is 0. The summed E-state index contributed by atoms with van der Waals surface area (Å²) in [5.41, 5.74) is 2.02. The summed E-state index contributed by atoms with van der Waals surface area (Å²) in [6.07, 6.45) is 4.73. The molecule has 34 heavy (non-hydrogen) atoms. The van der Waals surface area contributed by atoms with E-state index in [0.717, 1.165) is 37.5 Å². The molecule has 178 valence electrons. The number of nitrogens with zero attached hydrogens (tertiary/aromatic N) is 6. The summed E-state index contributed by atoms with van der Waals surface area (Å²) < 4.78 is 5.88. The van der Waals surface area contributed by atoms with Crippen LogP contribution in [0.5, 0.6) is 0 Å². The van der Waals surface area contributed by atoms with E-state index in [1.54, 1.807) is 0 Å². The Morgan fingerprint density at radius 3 is 2.47 bits per heavy atom. The Morgan fingerprint density at radius 2 is 1.82 bits per heavy atom. The zero-order valence-corrected chi connectivity index (χ0v) is 20.3. The van der Waals surface area contributed by atoms with Crippen molar-refractivity contribution in [2.45, 2.75) is 51.4 Å². The molecule has 0 bridgehead atoms. The molecule has 2 aliphatic heterocycles.